The molecule has 1 aliphatic rings. The van der Waals surface area contributed by atoms with Crippen molar-refractivity contribution < 1.29 is 0 Å². The number of H-pyrrole nitrogens is 1. The predicted molar refractivity (Wildman–Crippen MR) is 63.4 cm³/mol. The van der Waals surface area contributed by atoms with Gasteiger partial charge in [0.05, 0.1) is 12.2 Å². The summed E-state index contributed by atoms with van der Waals surface area (Å²) in [5, 5.41) is 0. The van der Waals surface area contributed by atoms with E-state index in [2.05, 4.69) is 37.8 Å². The van der Waals surface area contributed by atoms with Crippen molar-refractivity contribution in [1.82, 2.24) is 14.9 Å². The minimum absolute atomic E-state index is 0.0269. The molecule has 3 N–H and O–H groups in total. The number of aromatic amines is 1. The number of imidazole rings is 1. The molecule has 0 aromatic carbocycles. The number of likely N-dealkylation sites (tertiary alicyclic amines) is 1. The first-order chi connectivity index (χ1) is 7.16. The summed E-state index contributed by atoms with van der Waals surface area (Å²) in [5.41, 5.74) is 6.20. The Bertz CT molecular complexity index is 325. The zero-order valence-corrected chi connectivity index (χ0v) is 10.5. The fourth-order valence-electron chi connectivity index (χ4n) is 2.21. The minimum Gasteiger partial charge on any atom is -0.335 e. The standard InChI is InChI=1S/C10H17BrN4/c1-15-4-2-3-7(6-15)9(12)10-13-5-8(11)14-10/h5,7,9H,2-4,6,12H2,1H3,(H,13,14). The number of nitrogens with two attached hydrogens (primary N) is 1. The molecule has 1 aromatic heterocycles. The number of nitrogens with one attached hydrogen (secondary N) is 1. The molecule has 0 radical (unpaired) electrons. The summed E-state index contributed by atoms with van der Waals surface area (Å²) < 4.78 is 0.900. The summed E-state index contributed by atoms with van der Waals surface area (Å²) in [6.07, 6.45) is 4.20. The number of halogens is 1. The van der Waals surface area contributed by atoms with E-state index in [1.165, 1.54) is 19.4 Å². The average molecular weight is 273 g/mol. The van der Waals surface area contributed by atoms with E-state index in [1.807, 2.05) is 0 Å². The molecule has 0 saturated carbocycles. The second-order valence-corrected chi connectivity index (χ2v) is 5.16. The lowest BCUT2D eigenvalue weighted by atomic mass is 9.91. The van der Waals surface area contributed by atoms with Crippen LogP contribution in [0.25, 0.3) is 0 Å². The van der Waals surface area contributed by atoms with Crippen LogP contribution in [0.3, 0.4) is 0 Å². The molecule has 15 heavy (non-hydrogen) atoms. The summed E-state index contributed by atoms with van der Waals surface area (Å²) in [4.78, 5) is 9.76. The van der Waals surface area contributed by atoms with E-state index in [9.17, 15) is 0 Å². The molecular formula is C10H17BrN4. The van der Waals surface area contributed by atoms with Gasteiger partial charge in [0.25, 0.3) is 0 Å². The van der Waals surface area contributed by atoms with Crippen LogP contribution in [0.2, 0.25) is 0 Å². The SMILES string of the molecule is CN1CCCC(C(N)c2ncc(Br)[nH]2)C1. The molecule has 0 spiro atoms. The quantitative estimate of drug-likeness (QED) is 0.858. The maximum atomic E-state index is 6.20. The van der Waals surface area contributed by atoms with Gasteiger partial charge in [-0.3, -0.25) is 0 Å². The van der Waals surface area contributed by atoms with E-state index >= 15 is 0 Å². The summed E-state index contributed by atoms with van der Waals surface area (Å²) in [6, 6.07) is 0.0269. The molecular weight excluding hydrogens is 256 g/mol. The molecule has 0 bridgehead atoms. The van der Waals surface area contributed by atoms with Gasteiger partial charge in [-0.1, -0.05) is 0 Å². The van der Waals surface area contributed by atoms with Crippen molar-refractivity contribution in [2.24, 2.45) is 11.7 Å². The highest BCUT2D eigenvalue weighted by Gasteiger charge is 2.25. The van der Waals surface area contributed by atoms with Crippen molar-refractivity contribution in [3.05, 3.63) is 16.6 Å². The Kier molecular flexibility index (Phi) is 3.43. The molecule has 5 heteroatoms. The van der Waals surface area contributed by atoms with Gasteiger partial charge in [0.2, 0.25) is 0 Å². The van der Waals surface area contributed by atoms with Gasteiger partial charge in [0.15, 0.2) is 0 Å². The lowest BCUT2D eigenvalue weighted by Crippen LogP contribution is -2.38. The van der Waals surface area contributed by atoms with Gasteiger partial charge < -0.3 is 15.6 Å². The third-order valence-corrected chi connectivity index (χ3v) is 3.45. The first kappa shape index (κ1) is 11.1. The van der Waals surface area contributed by atoms with Crippen LogP contribution in [0, 0.1) is 5.92 Å². The van der Waals surface area contributed by atoms with Gasteiger partial charge in [-0.15, -0.1) is 0 Å². The van der Waals surface area contributed by atoms with Crippen molar-refractivity contribution in [2.45, 2.75) is 18.9 Å². The second-order valence-electron chi connectivity index (χ2n) is 4.31. The zero-order valence-electron chi connectivity index (χ0n) is 8.91. The molecule has 2 atom stereocenters. The Morgan fingerprint density at radius 2 is 2.53 bits per heavy atom. The molecule has 2 unspecified atom stereocenters. The highest BCUT2D eigenvalue weighted by Crippen LogP contribution is 2.26. The molecule has 1 fully saturated rings. The number of rotatable bonds is 2. The van der Waals surface area contributed by atoms with Crippen LogP contribution in [0.4, 0.5) is 0 Å². The van der Waals surface area contributed by atoms with Gasteiger partial charge in [0, 0.05) is 6.54 Å². The minimum atomic E-state index is 0.0269. The smallest absolute Gasteiger partial charge is 0.124 e. The maximum Gasteiger partial charge on any atom is 0.124 e. The van der Waals surface area contributed by atoms with Crippen molar-refractivity contribution in [1.29, 1.82) is 0 Å². The molecule has 1 saturated heterocycles. The van der Waals surface area contributed by atoms with Gasteiger partial charge in [-0.2, -0.15) is 0 Å². The van der Waals surface area contributed by atoms with Crippen molar-refractivity contribution in [2.75, 3.05) is 20.1 Å². The normalized spacial score (nSPS) is 25.4. The molecule has 1 aliphatic heterocycles. The van der Waals surface area contributed by atoms with Crippen LogP contribution in [0.1, 0.15) is 24.7 Å². The Labute approximate surface area is 98.4 Å². The van der Waals surface area contributed by atoms with Crippen LogP contribution in [-0.4, -0.2) is 35.0 Å². The Balaban J connectivity index is 2.03. The molecule has 4 nitrogen and oxygen atoms in total. The number of aromatic nitrogens is 2. The Hall–Kier alpha value is -0.390. The van der Waals surface area contributed by atoms with Gasteiger partial charge >= 0.3 is 0 Å². The third-order valence-electron chi connectivity index (χ3n) is 3.05. The largest absolute Gasteiger partial charge is 0.335 e. The summed E-state index contributed by atoms with van der Waals surface area (Å²) in [7, 11) is 2.15. The topological polar surface area (TPSA) is 57.9 Å². The Morgan fingerprint density at radius 3 is 3.13 bits per heavy atom. The second kappa shape index (κ2) is 4.63. The van der Waals surface area contributed by atoms with Crippen LogP contribution in [-0.2, 0) is 0 Å². The molecule has 84 valence electrons. The van der Waals surface area contributed by atoms with E-state index in [4.69, 9.17) is 5.73 Å². The van der Waals surface area contributed by atoms with Crippen molar-refractivity contribution >= 4 is 15.9 Å². The van der Waals surface area contributed by atoms with Gasteiger partial charge in [0.1, 0.15) is 10.4 Å². The first-order valence-corrected chi connectivity index (χ1v) is 6.10. The maximum absolute atomic E-state index is 6.20. The van der Waals surface area contributed by atoms with E-state index in [-0.39, 0.29) is 6.04 Å². The summed E-state index contributed by atoms with van der Waals surface area (Å²) >= 11 is 3.35. The molecule has 2 rings (SSSR count). The molecule has 1 aromatic rings. The Morgan fingerprint density at radius 1 is 1.73 bits per heavy atom. The molecule has 0 amide bonds. The average Bonchev–Trinajstić information content (AvgIpc) is 2.64. The lowest BCUT2D eigenvalue weighted by molar-refractivity contribution is 0.185. The van der Waals surface area contributed by atoms with Crippen LogP contribution in [0.15, 0.2) is 10.8 Å². The summed E-state index contributed by atoms with van der Waals surface area (Å²) in [5.74, 6) is 1.41. The summed E-state index contributed by atoms with van der Waals surface area (Å²) in [6.45, 7) is 2.25. The zero-order chi connectivity index (χ0) is 10.8. The van der Waals surface area contributed by atoms with E-state index in [0.717, 1.165) is 17.0 Å². The van der Waals surface area contributed by atoms with Crippen molar-refractivity contribution in [3.8, 4) is 0 Å². The van der Waals surface area contributed by atoms with E-state index in [1.54, 1.807) is 6.20 Å². The number of hydrogen-bond acceptors (Lipinski definition) is 3. The molecule has 0 aliphatic carbocycles. The fourth-order valence-corrected chi connectivity index (χ4v) is 2.51. The fraction of sp³-hybridized carbons (Fsp3) is 0.700. The van der Waals surface area contributed by atoms with Crippen LogP contribution in [0.5, 0.6) is 0 Å². The van der Waals surface area contributed by atoms with E-state index < -0.39 is 0 Å². The highest BCUT2D eigenvalue weighted by atomic mass is 79.9. The van der Waals surface area contributed by atoms with E-state index in [0.29, 0.717) is 5.92 Å². The van der Waals surface area contributed by atoms with Crippen LogP contribution >= 0.6 is 15.9 Å². The number of hydrogen-bond donors (Lipinski definition) is 2. The third kappa shape index (κ3) is 2.59. The van der Waals surface area contributed by atoms with Gasteiger partial charge in [-0.25, -0.2) is 4.98 Å². The lowest BCUT2D eigenvalue weighted by Gasteiger charge is -2.32. The first-order valence-electron chi connectivity index (χ1n) is 5.31. The van der Waals surface area contributed by atoms with Crippen LogP contribution < -0.4 is 5.73 Å². The van der Waals surface area contributed by atoms with Crippen molar-refractivity contribution in [3.63, 3.8) is 0 Å². The number of piperidine rings is 1. The van der Waals surface area contributed by atoms with Gasteiger partial charge in [-0.05, 0) is 48.3 Å². The number of nitrogens with zero attached hydrogens (tertiary/aromatic N) is 2. The highest BCUT2D eigenvalue weighted by molar-refractivity contribution is 9.10. The predicted octanol–water partition coefficient (Wildman–Crippen LogP) is 1.51. The monoisotopic (exact) mass is 272 g/mol. The molecule has 2 heterocycles.